The minimum absolute atomic E-state index is 0.305. The lowest BCUT2D eigenvalue weighted by Gasteiger charge is -2.19. The molecule has 6 nitrogen and oxygen atoms in total. The van der Waals surface area contributed by atoms with Crippen molar-refractivity contribution in [2.45, 2.75) is 31.7 Å². The first-order chi connectivity index (χ1) is 13.1. The Hall–Kier alpha value is -3.28. The smallest absolute Gasteiger partial charge is 0.262 e. The molecule has 0 radical (unpaired) electrons. The first-order valence-corrected chi connectivity index (χ1v) is 9.03. The Kier molecular flexibility index (Phi) is 3.47. The number of imide groups is 1. The average Bonchev–Trinajstić information content (AvgIpc) is 3.38. The number of amides is 2. The lowest BCUT2D eigenvalue weighted by molar-refractivity contribution is 0.0573. The number of aromatic nitrogens is 2. The fourth-order valence-corrected chi connectivity index (χ4v) is 3.52. The van der Waals surface area contributed by atoms with Crippen LogP contribution in [0.1, 0.15) is 63.9 Å². The molecule has 1 saturated carbocycles. The predicted octanol–water partition coefficient (Wildman–Crippen LogP) is 3.97. The standard InChI is InChI=1S/C21H17N3O3/c1-12(24-20(25)15-4-2-3-5-16(15)21(24)26)19-11-18(23-27-19)14-8-9-22-17(10-14)13-6-7-13/h2-5,8-13H,6-7H2,1H3/t12-/m0/s1. The van der Waals surface area contributed by atoms with Crippen molar-refractivity contribution in [3.8, 4) is 11.3 Å². The topological polar surface area (TPSA) is 76.3 Å². The van der Waals surface area contributed by atoms with Gasteiger partial charge in [0, 0.05) is 29.4 Å². The lowest BCUT2D eigenvalue weighted by atomic mass is 10.1. The van der Waals surface area contributed by atoms with Crippen LogP contribution in [0.25, 0.3) is 11.3 Å². The number of benzene rings is 1. The second-order valence-corrected chi connectivity index (χ2v) is 7.06. The molecule has 134 valence electrons. The fourth-order valence-electron chi connectivity index (χ4n) is 3.52. The van der Waals surface area contributed by atoms with E-state index in [1.165, 1.54) is 17.7 Å². The van der Waals surface area contributed by atoms with Crippen LogP contribution in [0.15, 0.2) is 53.2 Å². The average molecular weight is 359 g/mol. The van der Waals surface area contributed by atoms with Crippen LogP contribution in [0.3, 0.4) is 0 Å². The molecule has 0 N–H and O–H groups in total. The lowest BCUT2D eigenvalue weighted by Crippen LogP contribution is -2.32. The van der Waals surface area contributed by atoms with Crippen LogP contribution >= 0.6 is 0 Å². The Morgan fingerprint density at radius 3 is 2.44 bits per heavy atom. The third kappa shape index (κ3) is 2.56. The molecule has 1 fully saturated rings. The Morgan fingerprint density at radius 2 is 1.78 bits per heavy atom. The molecule has 0 bridgehead atoms. The zero-order valence-corrected chi connectivity index (χ0v) is 14.8. The number of pyridine rings is 1. The van der Waals surface area contributed by atoms with E-state index in [2.05, 4.69) is 10.1 Å². The summed E-state index contributed by atoms with van der Waals surface area (Å²) in [4.78, 5) is 31.0. The van der Waals surface area contributed by atoms with Gasteiger partial charge in [-0.25, -0.2) is 0 Å². The van der Waals surface area contributed by atoms with Gasteiger partial charge in [0.1, 0.15) is 5.69 Å². The summed E-state index contributed by atoms with van der Waals surface area (Å²) in [5, 5.41) is 4.15. The molecule has 2 amide bonds. The Labute approximate surface area is 155 Å². The van der Waals surface area contributed by atoms with E-state index in [9.17, 15) is 9.59 Å². The molecule has 3 aromatic rings. The van der Waals surface area contributed by atoms with Crippen LogP contribution in [-0.4, -0.2) is 26.9 Å². The van der Waals surface area contributed by atoms with Crippen LogP contribution in [-0.2, 0) is 0 Å². The molecule has 3 heterocycles. The maximum absolute atomic E-state index is 12.7. The van der Waals surface area contributed by atoms with Crippen LogP contribution in [0.5, 0.6) is 0 Å². The number of carbonyl (C=O) groups excluding carboxylic acids is 2. The van der Waals surface area contributed by atoms with Gasteiger partial charge >= 0.3 is 0 Å². The van der Waals surface area contributed by atoms with E-state index < -0.39 is 6.04 Å². The molecule has 1 aliphatic carbocycles. The summed E-state index contributed by atoms with van der Waals surface area (Å²) in [6, 6.07) is 12.0. The highest BCUT2D eigenvalue weighted by atomic mass is 16.5. The summed E-state index contributed by atoms with van der Waals surface area (Å²) in [6.07, 6.45) is 4.14. The van der Waals surface area contributed by atoms with Crippen molar-refractivity contribution < 1.29 is 14.1 Å². The van der Waals surface area contributed by atoms with Crippen LogP contribution in [0.4, 0.5) is 0 Å². The minimum Gasteiger partial charge on any atom is -0.359 e. The third-order valence-electron chi connectivity index (χ3n) is 5.23. The summed E-state index contributed by atoms with van der Waals surface area (Å²) in [5.74, 6) is 0.417. The molecule has 2 aliphatic rings. The van der Waals surface area contributed by atoms with E-state index in [0.717, 1.165) is 11.3 Å². The number of rotatable bonds is 4. The Bertz CT molecular complexity index is 1030. The van der Waals surface area contributed by atoms with E-state index in [1.54, 1.807) is 43.5 Å². The molecule has 0 saturated heterocycles. The first kappa shape index (κ1) is 15.9. The number of fused-ring (bicyclic) bond motifs is 1. The molecule has 6 heteroatoms. The second-order valence-electron chi connectivity index (χ2n) is 7.06. The first-order valence-electron chi connectivity index (χ1n) is 9.03. The molecule has 1 atom stereocenters. The van der Waals surface area contributed by atoms with Crippen LogP contribution in [0.2, 0.25) is 0 Å². The summed E-state index contributed by atoms with van der Waals surface area (Å²) >= 11 is 0. The largest absolute Gasteiger partial charge is 0.359 e. The molecule has 1 aliphatic heterocycles. The second kappa shape index (κ2) is 5.87. The van der Waals surface area contributed by atoms with E-state index >= 15 is 0 Å². The summed E-state index contributed by atoms with van der Waals surface area (Å²) in [7, 11) is 0. The highest BCUT2D eigenvalue weighted by molar-refractivity contribution is 6.21. The molecule has 1 aromatic carbocycles. The van der Waals surface area contributed by atoms with Crippen molar-refractivity contribution >= 4 is 11.8 Å². The van der Waals surface area contributed by atoms with E-state index in [1.807, 2.05) is 12.1 Å². The third-order valence-corrected chi connectivity index (χ3v) is 5.23. The van der Waals surface area contributed by atoms with Gasteiger partial charge in [0.15, 0.2) is 5.76 Å². The molecule has 27 heavy (non-hydrogen) atoms. The van der Waals surface area contributed by atoms with Crippen molar-refractivity contribution in [1.29, 1.82) is 0 Å². The summed E-state index contributed by atoms with van der Waals surface area (Å²) in [5.41, 5.74) is 3.54. The zero-order chi connectivity index (χ0) is 18.5. The SMILES string of the molecule is C[C@@H](c1cc(-c2ccnc(C3CC3)c2)no1)N1C(=O)c2ccccc2C1=O. The van der Waals surface area contributed by atoms with Gasteiger partial charge in [-0.05, 0) is 44.0 Å². The highest BCUT2D eigenvalue weighted by Gasteiger charge is 2.40. The number of carbonyl (C=O) groups is 2. The molecular formula is C21H17N3O3. The van der Waals surface area contributed by atoms with Gasteiger partial charge in [-0.15, -0.1) is 0 Å². The molecule has 5 rings (SSSR count). The Morgan fingerprint density at radius 1 is 1.07 bits per heavy atom. The molecular weight excluding hydrogens is 342 g/mol. The van der Waals surface area contributed by atoms with E-state index in [4.69, 9.17) is 4.52 Å². The van der Waals surface area contributed by atoms with Gasteiger partial charge in [0.05, 0.1) is 17.2 Å². The van der Waals surface area contributed by atoms with Crippen LogP contribution < -0.4 is 0 Å². The molecule has 0 spiro atoms. The van der Waals surface area contributed by atoms with Crippen molar-refractivity contribution in [2.24, 2.45) is 0 Å². The minimum atomic E-state index is -0.539. The maximum Gasteiger partial charge on any atom is 0.262 e. The van der Waals surface area contributed by atoms with Gasteiger partial charge in [-0.3, -0.25) is 19.5 Å². The van der Waals surface area contributed by atoms with Gasteiger partial charge in [-0.1, -0.05) is 17.3 Å². The molecule has 0 unspecified atom stereocenters. The quantitative estimate of drug-likeness (QED) is 0.659. The number of hydrogen-bond acceptors (Lipinski definition) is 5. The van der Waals surface area contributed by atoms with Gasteiger partial charge < -0.3 is 4.52 Å². The van der Waals surface area contributed by atoms with Crippen molar-refractivity contribution in [1.82, 2.24) is 15.0 Å². The maximum atomic E-state index is 12.7. The monoisotopic (exact) mass is 359 g/mol. The predicted molar refractivity (Wildman–Crippen MR) is 97.1 cm³/mol. The van der Waals surface area contributed by atoms with E-state index in [-0.39, 0.29) is 11.8 Å². The number of hydrogen-bond donors (Lipinski definition) is 0. The summed E-state index contributed by atoms with van der Waals surface area (Å²) < 4.78 is 5.49. The van der Waals surface area contributed by atoms with Gasteiger partial charge in [-0.2, -0.15) is 0 Å². The van der Waals surface area contributed by atoms with Gasteiger partial charge in [0.2, 0.25) is 0 Å². The Balaban J connectivity index is 1.44. The highest BCUT2D eigenvalue weighted by Crippen LogP contribution is 2.40. The molecule has 2 aromatic heterocycles. The van der Waals surface area contributed by atoms with Crippen LogP contribution in [0, 0.1) is 0 Å². The van der Waals surface area contributed by atoms with Crippen molar-refractivity contribution in [2.75, 3.05) is 0 Å². The fraction of sp³-hybridized carbons (Fsp3) is 0.238. The number of nitrogens with zero attached hydrogens (tertiary/aromatic N) is 3. The zero-order valence-electron chi connectivity index (χ0n) is 14.8. The van der Waals surface area contributed by atoms with Gasteiger partial charge in [0.25, 0.3) is 11.8 Å². The normalized spacial score (nSPS) is 17.3. The van der Waals surface area contributed by atoms with E-state index in [0.29, 0.717) is 28.5 Å². The van der Waals surface area contributed by atoms with Crippen molar-refractivity contribution in [3.05, 3.63) is 71.2 Å². The summed E-state index contributed by atoms with van der Waals surface area (Å²) in [6.45, 7) is 1.77. The van der Waals surface area contributed by atoms with Crippen molar-refractivity contribution in [3.63, 3.8) is 0 Å².